The molecule has 1 aromatic rings. The van der Waals surface area contributed by atoms with Crippen molar-refractivity contribution in [3.63, 3.8) is 0 Å². The number of nitrogens with one attached hydrogen (secondary N) is 1. The van der Waals surface area contributed by atoms with Gasteiger partial charge < -0.3 is 5.73 Å². The van der Waals surface area contributed by atoms with Crippen LogP contribution < -0.4 is 10.5 Å². The van der Waals surface area contributed by atoms with Gasteiger partial charge in [0.25, 0.3) is 10.0 Å². The van der Waals surface area contributed by atoms with Gasteiger partial charge in [-0.05, 0) is 38.3 Å². The molecule has 0 bridgehead atoms. The summed E-state index contributed by atoms with van der Waals surface area (Å²) in [5.41, 5.74) is 5.13. The summed E-state index contributed by atoms with van der Waals surface area (Å²) in [7, 11) is -3.47. The molecule has 4 nitrogen and oxygen atoms in total. The Morgan fingerprint density at radius 2 is 2.06 bits per heavy atom. The Morgan fingerprint density at radius 3 is 2.44 bits per heavy atom. The fourth-order valence-electron chi connectivity index (χ4n) is 2.00. The molecule has 0 amide bonds. The Bertz CT molecular complexity index is 494. The minimum Gasteiger partial charge on any atom is -0.329 e. The van der Waals surface area contributed by atoms with Crippen molar-refractivity contribution >= 4 is 21.4 Å². The number of rotatable bonds is 6. The monoisotopic (exact) mass is 290 g/mol. The van der Waals surface area contributed by atoms with Gasteiger partial charge in [0.1, 0.15) is 4.21 Å². The summed E-state index contributed by atoms with van der Waals surface area (Å²) >= 11 is 1.27. The van der Waals surface area contributed by atoms with E-state index >= 15 is 0 Å². The van der Waals surface area contributed by atoms with Gasteiger partial charge in [-0.1, -0.05) is 13.8 Å². The smallest absolute Gasteiger partial charge is 0.250 e. The van der Waals surface area contributed by atoms with E-state index in [9.17, 15) is 8.42 Å². The van der Waals surface area contributed by atoms with E-state index in [0.717, 1.165) is 4.88 Å². The molecule has 104 valence electrons. The van der Waals surface area contributed by atoms with Gasteiger partial charge in [0.15, 0.2) is 0 Å². The fourth-order valence-corrected chi connectivity index (χ4v) is 4.71. The standard InChI is InChI=1S/C12H22N2O2S2/c1-9(2)7-12(4,8-13)14-18(15,16)11-6-5-10(3)17-11/h5-6,9,14H,7-8,13H2,1-4H3. The zero-order chi connectivity index (χ0) is 14.0. The lowest BCUT2D eigenvalue weighted by atomic mass is 9.92. The molecule has 0 aliphatic carbocycles. The second kappa shape index (κ2) is 5.69. The first-order valence-corrected chi connectivity index (χ1v) is 8.29. The summed E-state index contributed by atoms with van der Waals surface area (Å²) in [5.74, 6) is 0.381. The maximum Gasteiger partial charge on any atom is 0.250 e. The molecular weight excluding hydrogens is 268 g/mol. The van der Waals surface area contributed by atoms with Gasteiger partial charge in [-0.15, -0.1) is 11.3 Å². The second-order valence-electron chi connectivity index (χ2n) is 5.33. The molecule has 0 aliphatic heterocycles. The topological polar surface area (TPSA) is 72.2 Å². The first kappa shape index (κ1) is 15.6. The van der Waals surface area contributed by atoms with E-state index in [1.165, 1.54) is 11.3 Å². The average molecular weight is 290 g/mol. The molecule has 0 spiro atoms. The minimum atomic E-state index is -3.47. The molecule has 0 saturated heterocycles. The van der Waals surface area contributed by atoms with E-state index in [1.807, 2.05) is 19.9 Å². The Hall–Kier alpha value is -0.430. The molecule has 1 rings (SSSR count). The molecule has 0 aromatic carbocycles. The van der Waals surface area contributed by atoms with Gasteiger partial charge in [-0.2, -0.15) is 0 Å². The molecule has 1 heterocycles. The molecule has 3 N–H and O–H groups in total. The largest absolute Gasteiger partial charge is 0.329 e. The minimum absolute atomic E-state index is 0.286. The van der Waals surface area contributed by atoms with Crippen molar-refractivity contribution in [3.8, 4) is 0 Å². The van der Waals surface area contributed by atoms with Crippen LogP contribution in [-0.2, 0) is 10.0 Å². The molecule has 1 aromatic heterocycles. The molecular formula is C12H22N2O2S2. The molecule has 18 heavy (non-hydrogen) atoms. The highest BCUT2D eigenvalue weighted by Gasteiger charge is 2.30. The highest BCUT2D eigenvalue weighted by molar-refractivity contribution is 7.91. The summed E-state index contributed by atoms with van der Waals surface area (Å²) in [5, 5.41) is 0. The van der Waals surface area contributed by atoms with Crippen LogP contribution in [0.2, 0.25) is 0 Å². The quantitative estimate of drug-likeness (QED) is 0.842. The molecule has 0 saturated carbocycles. The van der Waals surface area contributed by atoms with Crippen LogP contribution in [0.4, 0.5) is 0 Å². The number of nitrogens with two attached hydrogens (primary N) is 1. The number of hydrogen-bond acceptors (Lipinski definition) is 4. The lowest BCUT2D eigenvalue weighted by Crippen LogP contribution is -2.51. The molecule has 1 unspecified atom stereocenters. The maximum atomic E-state index is 12.2. The SMILES string of the molecule is Cc1ccc(S(=O)(=O)NC(C)(CN)CC(C)C)s1. The van der Waals surface area contributed by atoms with Gasteiger partial charge in [-0.25, -0.2) is 13.1 Å². The molecule has 0 aliphatic rings. The van der Waals surface area contributed by atoms with Crippen LogP contribution in [0.15, 0.2) is 16.3 Å². The normalized spacial score (nSPS) is 15.9. The van der Waals surface area contributed by atoms with Crippen molar-refractivity contribution in [2.24, 2.45) is 11.7 Å². The van der Waals surface area contributed by atoms with Crippen molar-refractivity contribution in [2.45, 2.75) is 43.9 Å². The molecule has 6 heteroatoms. The van der Waals surface area contributed by atoms with E-state index in [1.54, 1.807) is 6.07 Å². The van der Waals surface area contributed by atoms with Gasteiger partial charge in [0.2, 0.25) is 0 Å². The zero-order valence-corrected chi connectivity index (χ0v) is 13.0. The van der Waals surface area contributed by atoms with Crippen LogP contribution in [0, 0.1) is 12.8 Å². The van der Waals surface area contributed by atoms with Crippen LogP contribution >= 0.6 is 11.3 Å². The maximum absolute atomic E-state index is 12.2. The third-order valence-electron chi connectivity index (χ3n) is 2.67. The number of hydrogen-bond donors (Lipinski definition) is 2. The van der Waals surface area contributed by atoms with E-state index in [4.69, 9.17) is 5.73 Å². The summed E-state index contributed by atoms with van der Waals surface area (Å²) in [6, 6.07) is 3.44. The average Bonchev–Trinajstić information content (AvgIpc) is 2.63. The van der Waals surface area contributed by atoms with Crippen LogP contribution in [0.25, 0.3) is 0 Å². The van der Waals surface area contributed by atoms with Crippen LogP contribution in [-0.4, -0.2) is 20.5 Å². The number of sulfonamides is 1. The first-order valence-electron chi connectivity index (χ1n) is 5.99. The first-order chi connectivity index (χ1) is 8.18. The predicted octanol–water partition coefficient (Wildman–Crippen LogP) is 2.10. The summed E-state index contributed by atoms with van der Waals surface area (Å²) in [6.07, 6.45) is 0.715. The van der Waals surface area contributed by atoms with Crippen LogP contribution in [0.5, 0.6) is 0 Å². The second-order valence-corrected chi connectivity index (χ2v) is 8.53. The summed E-state index contributed by atoms with van der Waals surface area (Å²) in [6.45, 7) is 8.13. The van der Waals surface area contributed by atoms with Gasteiger partial charge in [-0.3, -0.25) is 0 Å². The van der Waals surface area contributed by atoms with E-state index in [-0.39, 0.29) is 6.54 Å². The van der Waals surface area contributed by atoms with Gasteiger partial charge >= 0.3 is 0 Å². The summed E-state index contributed by atoms with van der Waals surface area (Å²) < 4.78 is 27.6. The summed E-state index contributed by atoms with van der Waals surface area (Å²) in [4.78, 5) is 0.980. The van der Waals surface area contributed by atoms with Crippen LogP contribution in [0.1, 0.15) is 32.1 Å². The lowest BCUT2D eigenvalue weighted by molar-refractivity contribution is 0.345. The van der Waals surface area contributed by atoms with Crippen molar-refractivity contribution in [2.75, 3.05) is 6.54 Å². The Kier molecular flexibility index (Phi) is 4.94. The fraction of sp³-hybridized carbons (Fsp3) is 0.667. The molecule has 0 fully saturated rings. The van der Waals surface area contributed by atoms with Crippen molar-refractivity contribution in [1.82, 2.24) is 4.72 Å². The lowest BCUT2D eigenvalue weighted by Gasteiger charge is -2.30. The van der Waals surface area contributed by atoms with Crippen LogP contribution in [0.3, 0.4) is 0 Å². The Balaban J connectivity index is 2.94. The third-order valence-corrected chi connectivity index (χ3v) is 5.80. The van der Waals surface area contributed by atoms with Gasteiger partial charge in [0.05, 0.1) is 0 Å². The third kappa shape index (κ3) is 4.05. The molecule has 1 atom stereocenters. The highest BCUT2D eigenvalue weighted by atomic mass is 32.2. The van der Waals surface area contributed by atoms with E-state index in [0.29, 0.717) is 16.5 Å². The van der Waals surface area contributed by atoms with Crippen molar-refractivity contribution in [3.05, 3.63) is 17.0 Å². The zero-order valence-electron chi connectivity index (χ0n) is 11.4. The Labute approximate surface area is 114 Å². The van der Waals surface area contributed by atoms with Gasteiger partial charge in [0, 0.05) is 17.0 Å². The highest BCUT2D eigenvalue weighted by Crippen LogP contribution is 2.24. The van der Waals surface area contributed by atoms with E-state index in [2.05, 4.69) is 18.6 Å². The Morgan fingerprint density at radius 1 is 1.44 bits per heavy atom. The van der Waals surface area contributed by atoms with E-state index < -0.39 is 15.6 Å². The number of thiophene rings is 1. The predicted molar refractivity (Wildman–Crippen MR) is 76.3 cm³/mol. The number of aryl methyl sites for hydroxylation is 1. The van der Waals surface area contributed by atoms with Crippen molar-refractivity contribution < 1.29 is 8.42 Å². The van der Waals surface area contributed by atoms with Crippen molar-refractivity contribution in [1.29, 1.82) is 0 Å². The molecule has 0 radical (unpaired) electrons.